The summed E-state index contributed by atoms with van der Waals surface area (Å²) in [6.45, 7) is 1.64. The summed E-state index contributed by atoms with van der Waals surface area (Å²) in [6, 6.07) is 12.5. The molecule has 0 aliphatic carbocycles. The largest absolute Gasteiger partial charge is 0.497 e. The molecule has 0 heterocycles. The summed E-state index contributed by atoms with van der Waals surface area (Å²) in [5.74, 6) is 0.622. The van der Waals surface area contributed by atoms with Gasteiger partial charge in [0, 0.05) is 5.69 Å². The lowest BCUT2D eigenvalue weighted by atomic mass is 10.3. The van der Waals surface area contributed by atoms with E-state index in [1.165, 1.54) is 24.3 Å². The Morgan fingerprint density at radius 2 is 1.62 bits per heavy atom. The van der Waals surface area contributed by atoms with E-state index in [1.54, 1.807) is 38.3 Å². The number of amides is 1. The Hall–Kier alpha value is -2.56. The third kappa shape index (κ3) is 4.21. The van der Waals surface area contributed by atoms with Crippen LogP contribution in [0, 0.1) is 5.82 Å². The summed E-state index contributed by atoms with van der Waals surface area (Å²) in [4.78, 5) is 12.0. The van der Waals surface area contributed by atoms with Gasteiger partial charge in [0.25, 0.3) is 5.91 Å². The Kier molecular flexibility index (Phi) is 4.77. The Labute approximate surface area is 122 Å². The van der Waals surface area contributed by atoms with Crippen LogP contribution in [-0.4, -0.2) is 19.1 Å². The number of nitrogens with one attached hydrogen (secondary N) is 1. The maximum atomic E-state index is 12.8. The minimum absolute atomic E-state index is 0.308. The Bertz CT molecular complexity index is 596. The molecule has 0 unspecified atom stereocenters. The van der Waals surface area contributed by atoms with Crippen molar-refractivity contribution < 1.29 is 18.7 Å². The summed E-state index contributed by atoms with van der Waals surface area (Å²) in [5.41, 5.74) is 0.520. The maximum absolute atomic E-state index is 12.8. The molecule has 1 amide bonds. The van der Waals surface area contributed by atoms with Gasteiger partial charge in [-0.25, -0.2) is 4.39 Å². The lowest BCUT2D eigenvalue weighted by molar-refractivity contribution is -0.122. The van der Waals surface area contributed by atoms with Gasteiger partial charge in [-0.2, -0.15) is 0 Å². The number of hydrogen-bond acceptors (Lipinski definition) is 3. The van der Waals surface area contributed by atoms with E-state index in [2.05, 4.69) is 5.32 Å². The van der Waals surface area contributed by atoms with Crippen LogP contribution in [0.1, 0.15) is 6.92 Å². The zero-order chi connectivity index (χ0) is 15.2. The van der Waals surface area contributed by atoms with Gasteiger partial charge in [0.15, 0.2) is 6.10 Å². The number of carbonyl (C=O) groups excluding carboxylic acids is 1. The molecule has 0 saturated heterocycles. The van der Waals surface area contributed by atoms with Crippen LogP contribution < -0.4 is 14.8 Å². The molecule has 0 spiro atoms. The second kappa shape index (κ2) is 6.74. The number of carbonyl (C=O) groups is 1. The van der Waals surface area contributed by atoms with Gasteiger partial charge in [-0.05, 0) is 55.5 Å². The number of methoxy groups -OCH3 is 1. The molecule has 0 saturated carbocycles. The maximum Gasteiger partial charge on any atom is 0.265 e. The van der Waals surface area contributed by atoms with Crippen LogP contribution in [-0.2, 0) is 4.79 Å². The van der Waals surface area contributed by atoms with Gasteiger partial charge < -0.3 is 14.8 Å². The highest BCUT2D eigenvalue weighted by Gasteiger charge is 2.14. The molecule has 5 heteroatoms. The third-order valence-corrected chi connectivity index (χ3v) is 2.85. The van der Waals surface area contributed by atoms with Crippen molar-refractivity contribution in [2.45, 2.75) is 13.0 Å². The van der Waals surface area contributed by atoms with Crippen molar-refractivity contribution in [1.82, 2.24) is 0 Å². The van der Waals surface area contributed by atoms with Crippen molar-refractivity contribution in [3.05, 3.63) is 54.3 Å². The fourth-order valence-corrected chi connectivity index (χ4v) is 1.69. The Morgan fingerprint density at radius 3 is 2.19 bits per heavy atom. The predicted molar refractivity (Wildman–Crippen MR) is 78.1 cm³/mol. The molecule has 0 fully saturated rings. The summed E-state index contributed by atoms with van der Waals surface area (Å²) in [7, 11) is 1.58. The molecule has 0 radical (unpaired) electrons. The van der Waals surface area contributed by atoms with Crippen molar-refractivity contribution in [2.75, 3.05) is 12.4 Å². The van der Waals surface area contributed by atoms with E-state index in [0.717, 1.165) is 0 Å². The first kappa shape index (κ1) is 14.8. The number of anilines is 1. The van der Waals surface area contributed by atoms with Crippen molar-refractivity contribution >= 4 is 11.6 Å². The first-order valence-electron chi connectivity index (χ1n) is 6.45. The highest BCUT2D eigenvalue weighted by molar-refractivity contribution is 5.94. The average molecular weight is 289 g/mol. The molecule has 2 aromatic carbocycles. The topological polar surface area (TPSA) is 47.6 Å². The van der Waals surface area contributed by atoms with Gasteiger partial charge in [-0.15, -0.1) is 0 Å². The van der Waals surface area contributed by atoms with Gasteiger partial charge in [-0.3, -0.25) is 4.79 Å². The third-order valence-electron chi connectivity index (χ3n) is 2.85. The minimum atomic E-state index is -0.677. The zero-order valence-electron chi connectivity index (χ0n) is 11.8. The van der Waals surface area contributed by atoms with E-state index in [0.29, 0.717) is 17.2 Å². The fourth-order valence-electron chi connectivity index (χ4n) is 1.69. The number of hydrogen-bond donors (Lipinski definition) is 1. The van der Waals surface area contributed by atoms with Crippen molar-refractivity contribution in [2.24, 2.45) is 0 Å². The van der Waals surface area contributed by atoms with E-state index in [9.17, 15) is 9.18 Å². The molecule has 110 valence electrons. The van der Waals surface area contributed by atoms with Crippen LogP contribution >= 0.6 is 0 Å². The van der Waals surface area contributed by atoms with Crippen LogP contribution in [0.4, 0.5) is 10.1 Å². The van der Waals surface area contributed by atoms with E-state index in [4.69, 9.17) is 9.47 Å². The normalized spacial score (nSPS) is 11.6. The molecule has 0 bridgehead atoms. The molecule has 2 aromatic rings. The summed E-state index contributed by atoms with van der Waals surface area (Å²) in [6.07, 6.45) is -0.677. The summed E-state index contributed by atoms with van der Waals surface area (Å²) in [5, 5.41) is 2.66. The van der Waals surface area contributed by atoms with E-state index in [-0.39, 0.29) is 11.7 Å². The number of halogens is 1. The van der Waals surface area contributed by atoms with Crippen LogP contribution in [0.5, 0.6) is 11.5 Å². The minimum Gasteiger partial charge on any atom is -0.497 e. The predicted octanol–water partition coefficient (Wildman–Crippen LogP) is 3.24. The quantitative estimate of drug-likeness (QED) is 0.919. The van der Waals surface area contributed by atoms with Crippen molar-refractivity contribution in [3.63, 3.8) is 0 Å². The monoisotopic (exact) mass is 289 g/mol. The molecule has 1 atom stereocenters. The second-order valence-corrected chi connectivity index (χ2v) is 4.43. The summed E-state index contributed by atoms with van der Waals surface area (Å²) < 4.78 is 23.4. The number of rotatable bonds is 5. The lowest BCUT2D eigenvalue weighted by Gasteiger charge is -2.15. The first-order chi connectivity index (χ1) is 10.1. The molecule has 0 aliphatic rings. The smallest absolute Gasteiger partial charge is 0.265 e. The molecule has 4 nitrogen and oxygen atoms in total. The molecule has 21 heavy (non-hydrogen) atoms. The molecule has 0 aromatic heterocycles. The molecule has 0 aliphatic heterocycles. The molecule has 1 N–H and O–H groups in total. The van der Waals surface area contributed by atoms with Crippen LogP contribution in [0.25, 0.3) is 0 Å². The van der Waals surface area contributed by atoms with Gasteiger partial charge in [-0.1, -0.05) is 0 Å². The van der Waals surface area contributed by atoms with E-state index < -0.39 is 6.10 Å². The first-order valence-corrected chi connectivity index (χ1v) is 6.45. The average Bonchev–Trinajstić information content (AvgIpc) is 2.50. The zero-order valence-corrected chi connectivity index (χ0v) is 11.8. The number of ether oxygens (including phenoxy) is 2. The van der Waals surface area contributed by atoms with E-state index in [1.807, 2.05) is 0 Å². The molecule has 2 rings (SSSR count). The number of benzene rings is 2. The Morgan fingerprint density at radius 1 is 1.05 bits per heavy atom. The van der Waals surface area contributed by atoms with Crippen molar-refractivity contribution in [3.8, 4) is 11.5 Å². The lowest BCUT2D eigenvalue weighted by Crippen LogP contribution is -2.30. The summed E-state index contributed by atoms with van der Waals surface area (Å²) >= 11 is 0. The standard InChI is InChI=1S/C16H16FNO3/c1-11(21-15-9-7-14(20-2)8-10-15)16(19)18-13-5-3-12(17)4-6-13/h3-11H,1-2H3,(H,18,19)/t11-/m1/s1. The van der Waals surface area contributed by atoms with E-state index >= 15 is 0 Å². The second-order valence-electron chi connectivity index (χ2n) is 4.43. The van der Waals surface area contributed by atoms with Gasteiger partial charge in [0.2, 0.25) is 0 Å². The Balaban J connectivity index is 1.93. The highest BCUT2D eigenvalue weighted by Crippen LogP contribution is 2.18. The van der Waals surface area contributed by atoms with Crippen LogP contribution in [0.15, 0.2) is 48.5 Å². The molecular formula is C16H16FNO3. The molecular weight excluding hydrogens is 273 g/mol. The van der Waals surface area contributed by atoms with Gasteiger partial charge in [0.1, 0.15) is 17.3 Å². The SMILES string of the molecule is COc1ccc(O[C@H](C)C(=O)Nc2ccc(F)cc2)cc1. The van der Waals surface area contributed by atoms with Crippen molar-refractivity contribution in [1.29, 1.82) is 0 Å². The van der Waals surface area contributed by atoms with Crippen LogP contribution in [0.2, 0.25) is 0 Å². The van der Waals surface area contributed by atoms with Crippen LogP contribution in [0.3, 0.4) is 0 Å². The highest BCUT2D eigenvalue weighted by atomic mass is 19.1. The van der Waals surface area contributed by atoms with Gasteiger partial charge >= 0.3 is 0 Å². The fraction of sp³-hybridized carbons (Fsp3) is 0.188. The van der Waals surface area contributed by atoms with Gasteiger partial charge in [0.05, 0.1) is 7.11 Å².